The average molecular weight is 235 g/mol. The summed E-state index contributed by atoms with van der Waals surface area (Å²) in [5.41, 5.74) is 3.91. The summed E-state index contributed by atoms with van der Waals surface area (Å²) in [6, 6.07) is 1.79. The van der Waals surface area contributed by atoms with Gasteiger partial charge in [0.05, 0.1) is 12.8 Å². The molecule has 1 aromatic rings. The SMILES string of the molecule is COC(=O)c1cc(C2=C(C)CCNC2)n(C)n1. The minimum Gasteiger partial charge on any atom is -0.464 e. The fourth-order valence-electron chi connectivity index (χ4n) is 2.05. The zero-order valence-electron chi connectivity index (χ0n) is 10.4. The lowest BCUT2D eigenvalue weighted by molar-refractivity contribution is 0.0593. The van der Waals surface area contributed by atoms with Crippen molar-refractivity contribution in [1.82, 2.24) is 15.1 Å². The van der Waals surface area contributed by atoms with Gasteiger partial charge in [-0.05, 0) is 31.5 Å². The number of methoxy groups -OCH3 is 1. The van der Waals surface area contributed by atoms with Crippen molar-refractivity contribution in [1.29, 1.82) is 0 Å². The van der Waals surface area contributed by atoms with E-state index in [4.69, 9.17) is 0 Å². The van der Waals surface area contributed by atoms with Gasteiger partial charge in [0.2, 0.25) is 0 Å². The third-order valence-electron chi connectivity index (χ3n) is 3.08. The van der Waals surface area contributed by atoms with Gasteiger partial charge in [-0.2, -0.15) is 5.10 Å². The normalized spacial score (nSPS) is 16.2. The monoisotopic (exact) mass is 235 g/mol. The number of aryl methyl sites for hydroxylation is 1. The summed E-state index contributed by atoms with van der Waals surface area (Å²) in [4.78, 5) is 11.4. The maximum absolute atomic E-state index is 11.4. The summed E-state index contributed by atoms with van der Waals surface area (Å²) in [6.07, 6.45) is 1.04. The number of rotatable bonds is 2. The van der Waals surface area contributed by atoms with Crippen molar-refractivity contribution in [3.05, 3.63) is 23.0 Å². The smallest absolute Gasteiger partial charge is 0.358 e. The summed E-state index contributed by atoms with van der Waals surface area (Å²) < 4.78 is 6.41. The molecule has 1 N–H and O–H groups in total. The summed E-state index contributed by atoms with van der Waals surface area (Å²) in [5.74, 6) is -0.395. The highest BCUT2D eigenvalue weighted by Crippen LogP contribution is 2.23. The zero-order valence-corrected chi connectivity index (χ0v) is 10.4. The second-order valence-electron chi connectivity index (χ2n) is 4.22. The second-order valence-corrected chi connectivity index (χ2v) is 4.22. The average Bonchev–Trinajstić information content (AvgIpc) is 2.71. The molecule has 1 aliphatic rings. The topological polar surface area (TPSA) is 56.1 Å². The lowest BCUT2D eigenvalue weighted by Gasteiger charge is -2.18. The van der Waals surface area contributed by atoms with E-state index in [0.717, 1.165) is 25.2 Å². The second kappa shape index (κ2) is 4.71. The van der Waals surface area contributed by atoms with Gasteiger partial charge in [-0.3, -0.25) is 4.68 Å². The predicted octanol–water partition coefficient (Wildman–Crippen LogP) is 0.974. The molecule has 0 amide bonds. The van der Waals surface area contributed by atoms with Crippen LogP contribution in [-0.2, 0) is 11.8 Å². The fourth-order valence-corrected chi connectivity index (χ4v) is 2.05. The van der Waals surface area contributed by atoms with E-state index >= 15 is 0 Å². The Hall–Kier alpha value is -1.62. The first-order valence-corrected chi connectivity index (χ1v) is 5.65. The number of ether oxygens (including phenoxy) is 1. The number of aromatic nitrogens is 2. The lowest BCUT2D eigenvalue weighted by Crippen LogP contribution is -2.24. The molecule has 1 aromatic heterocycles. The van der Waals surface area contributed by atoms with Gasteiger partial charge in [-0.15, -0.1) is 0 Å². The van der Waals surface area contributed by atoms with Gasteiger partial charge >= 0.3 is 5.97 Å². The molecule has 0 aliphatic carbocycles. The van der Waals surface area contributed by atoms with Crippen molar-refractivity contribution in [3.8, 4) is 0 Å². The molecular weight excluding hydrogens is 218 g/mol. The number of nitrogens with one attached hydrogen (secondary N) is 1. The van der Waals surface area contributed by atoms with E-state index in [1.165, 1.54) is 18.3 Å². The molecule has 0 fully saturated rings. The Morgan fingerprint density at radius 1 is 1.59 bits per heavy atom. The van der Waals surface area contributed by atoms with E-state index in [1.807, 2.05) is 7.05 Å². The van der Waals surface area contributed by atoms with Crippen molar-refractivity contribution in [2.45, 2.75) is 13.3 Å². The minimum atomic E-state index is -0.395. The zero-order chi connectivity index (χ0) is 12.4. The van der Waals surface area contributed by atoms with Gasteiger partial charge in [-0.1, -0.05) is 5.57 Å². The Balaban J connectivity index is 2.39. The summed E-state index contributed by atoms with van der Waals surface area (Å²) >= 11 is 0. The number of esters is 1. The molecule has 1 aliphatic heterocycles. The number of nitrogens with zero attached hydrogens (tertiary/aromatic N) is 2. The van der Waals surface area contributed by atoms with Crippen LogP contribution in [0.3, 0.4) is 0 Å². The van der Waals surface area contributed by atoms with Gasteiger partial charge < -0.3 is 10.1 Å². The molecule has 0 saturated carbocycles. The van der Waals surface area contributed by atoms with Gasteiger partial charge in [-0.25, -0.2) is 4.79 Å². The molecule has 0 bridgehead atoms. The molecule has 17 heavy (non-hydrogen) atoms. The summed E-state index contributed by atoms with van der Waals surface area (Å²) in [6.45, 7) is 3.96. The van der Waals surface area contributed by atoms with Crippen LogP contribution in [0.25, 0.3) is 5.57 Å². The van der Waals surface area contributed by atoms with Crippen LogP contribution in [0.5, 0.6) is 0 Å². The number of hydrogen-bond donors (Lipinski definition) is 1. The van der Waals surface area contributed by atoms with Crippen LogP contribution in [0.4, 0.5) is 0 Å². The van der Waals surface area contributed by atoms with Crippen LogP contribution in [0, 0.1) is 0 Å². The molecule has 0 aromatic carbocycles. The van der Waals surface area contributed by atoms with E-state index in [0.29, 0.717) is 5.69 Å². The highest BCUT2D eigenvalue weighted by molar-refractivity contribution is 5.88. The maximum atomic E-state index is 11.4. The highest BCUT2D eigenvalue weighted by atomic mass is 16.5. The first-order chi connectivity index (χ1) is 8.13. The Kier molecular flexibility index (Phi) is 3.28. The van der Waals surface area contributed by atoms with Crippen molar-refractivity contribution in [2.24, 2.45) is 7.05 Å². The largest absolute Gasteiger partial charge is 0.464 e. The van der Waals surface area contributed by atoms with Crippen LogP contribution < -0.4 is 5.32 Å². The van der Waals surface area contributed by atoms with Crippen LogP contribution in [0.15, 0.2) is 11.6 Å². The quantitative estimate of drug-likeness (QED) is 0.776. The summed E-state index contributed by atoms with van der Waals surface area (Å²) in [5, 5.41) is 7.50. The van der Waals surface area contributed by atoms with Gasteiger partial charge in [0.1, 0.15) is 0 Å². The molecular formula is C12H17N3O2. The molecule has 0 saturated heterocycles. The maximum Gasteiger partial charge on any atom is 0.358 e. The summed E-state index contributed by atoms with van der Waals surface area (Å²) in [7, 11) is 3.21. The van der Waals surface area contributed by atoms with E-state index in [2.05, 4.69) is 22.1 Å². The van der Waals surface area contributed by atoms with E-state index in [9.17, 15) is 4.79 Å². The van der Waals surface area contributed by atoms with Gasteiger partial charge in [0.25, 0.3) is 0 Å². The molecule has 2 rings (SSSR count). The molecule has 0 atom stereocenters. The Morgan fingerprint density at radius 3 is 3.00 bits per heavy atom. The third-order valence-corrected chi connectivity index (χ3v) is 3.08. The highest BCUT2D eigenvalue weighted by Gasteiger charge is 2.18. The van der Waals surface area contributed by atoms with Crippen LogP contribution >= 0.6 is 0 Å². The first kappa shape index (κ1) is 11.9. The molecule has 0 spiro atoms. The molecule has 2 heterocycles. The number of hydrogen-bond acceptors (Lipinski definition) is 4. The molecule has 0 unspecified atom stereocenters. The van der Waals surface area contributed by atoms with Crippen molar-refractivity contribution < 1.29 is 9.53 Å². The molecule has 0 radical (unpaired) electrons. The molecule has 5 nitrogen and oxygen atoms in total. The fraction of sp³-hybridized carbons (Fsp3) is 0.500. The standard InChI is InChI=1S/C12H17N3O2/c1-8-4-5-13-7-9(8)11-6-10(12(16)17-3)14-15(11)2/h6,13H,4-5,7H2,1-3H3. The lowest BCUT2D eigenvalue weighted by atomic mass is 10.00. The van der Waals surface area contributed by atoms with Crippen molar-refractivity contribution in [3.63, 3.8) is 0 Å². The van der Waals surface area contributed by atoms with Crippen molar-refractivity contribution in [2.75, 3.05) is 20.2 Å². The van der Waals surface area contributed by atoms with E-state index < -0.39 is 5.97 Å². The Morgan fingerprint density at radius 2 is 2.35 bits per heavy atom. The van der Waals surface area contributed by atoms with E-state index in [1.54, 1.807) is 10.7 Å². The van der Waals surface area contributed by atoms with Crippen LogP contribution in [-0.4, -0.2) is 35.9 Å². The van der Waals surface area contributed by atoms with Crippen LogP contribution in [0.1, 0.15) is 29.5 Å². The number of carbonyl (C=O) groups excluding carboxylic acids is 1. The molecule has 92 valence electrons. The van der Waals surface area contributed by atoms with Gasteiger partial charge in [0, 0.05) is 13.6 Å². The van der Waals surface area contributed by atoms with Crippen molar-refractivity contribution >= 4 is 11.5 Å². The third kappa shape index (κ3) is 2.24. The predicted molar refractivity (Wildman–Crippen MR) is 64.6 cm³/mol. The first-order valence-electron chi connectivity index (χ1n) is 5.65. The van der Waals surface area contributed by atoms with E-state index in [-0.39, 0.29) is 0 Å². The minimum absolute atomic E-state index is 0.357. The Labute approximate surface area is 100 Å². The van der Waals surface area contributed by atoms with Gasteiger partial charge in [0.15, 0.2) is 5.69 Å². The number of carbonyl (C=O) groups is 1. The Bertz CT molecular complexity index is 474. The van der Waals surface area contributed by atoms with Crippen LogP contribution in [0.2, 0.25) is 0 Å². The molecule has 5 heteroatoms.